The van der Waals surface area contributed by atoms with Crippen LogP contribution in [0, 0.1) is 22.7 Å². The van der Waals surface area contributed by atoms with Crippen molar-refractivity contribution < 1.29 is 17.4 Å². The summed E-state index contributed by atoms with van der Waals surface area (Å²) in [7, 11) is -4.13. The molecular weight excluding hydrogens is 416 g/mol. The third-order valence-electron chi connectivity index (χ3n) is 4.29. The molecule has 0 aliphatic heterocycles. The van der Waals surface area contributed by atoms with Crippen LogP contribution in [0.15, 0.2) is 72.8 Å². The number of amides is 1. The first-order chi connectivity index (χ1) is 14.8. The van der Waals surface area contributed by atoms with Crippen molar-refractivity contribution in [2.24, 2.45) is 5.14 Å². The summed E-state index contributed by atoms with van der Waals surface area (Å²) < 4.78 is 26.7. The van der Waals surface area contributed by atoms with Crippen molar-refractivity contribution in [2.75, 3.05) is 4.90 Å². The quantitative estimate of drug-likeness (QED) is 0.636. The van der Waals surface area contributed by atoms with E-state index >= 15 is 0 Å². The van der Waals surface area contributed by atoms with E-state index in [1.54, 1.807) is 60.7 Å². The van der Waals surface area contributed by atoms with Crippen molar-refractivity contribution in [3.8, 4) is 17.9 Å². The fraction of sp³-hybridized carbons (Fsp3) is 0.0455. The number of benzene rings is 3. The highest BCUT2D eigenvalue weighted by Gasteiger charge is 2.19. The molecule has 31 heavy (non-hydrogen) atoms. The molecule has 0 atom stereocenters. The smallest absolute Gasteiger partial charge is 0.371 e. The van der Waals surface area contributed by atoms with Crippen LogP contribution in [0.1, 0.15) is 27.0 Å². The van der Waals surface area contributed by atoms with Gasteiger partial charge in [-0.1, -0.05) is 12.1 Å². The van der Waals surface area contributed by atoms with Crippen LogP contribution in [0.25, 0.3) is 0 Å². The fourth-order valence-electron chi connectivity index (χ4n) is 2.81. The van der Waals surface area contributed by atoms with E-state index in [0.29, 0.717) is 27.9 Å². The molecule has 0 unspecified atom stereocenters. The summed E-state index contributed by atoms with van der Waals surface area (Å²) in [6.07, 6.45) is 0. The van der Waals surface area contributed by atoms with Gasteiger partial charge in [-0.25, -0.2) is 0 Å². The molecule has 0 spiro atoms. The number of nitrogens with zero attached hydrogens (tertiary/aromatic N) is 3. The summed E-state index contributed by atoms with van der Waals surface area (Å²) in [6.45, 7) is 0.167. The van der Waals surface area contributed by atoms with Crippen LogP contribution in [0.2, 0.25) is 0 Å². The van der Waals surface area contributed by atoms with E-state index in [9.17, 15) is 13.2 Å². The number of carbonyl (C=O) groups is 1. The molecule has 0 aromatic heterocycles. The molecule has 3 aromatic carbocycles. The Morgan fingerprint density at radius 3 is 1.87 bits per heavy atom. The summed E-state index contributed by atoms with van der Waals surface area (Å²) in [5.74, 6) is -0.256. The average Bonchev–Trinajstić information content (AvgIpc) is 2.77. The van der Waals surface area contributed by atoms with Crippen molar-refractivity contribution in [1.82, 2.24) is 0 Å². The predicted octanol–water partition coefficient (Wildman–Crippen LogP) is 2.86. The maximum absolute atomic E-state index is 13.2. The molecule has 8 nitrogen and oxygen atoms in total. The van der Waals surface area contributed by atoms with Crippen LogP contribution in [-0.4, -0.2) is 14.3 Å². The van der Waals surface area contributed by atoms with Gasteiger partial charge in [0.25, 0.3) is 5.91 Å². The van der Waals surface area contributed by atoms with Crippen LogP contribution in [0.4, 0.5) is 5.69 Å². The molecule has 3 aromatic rings. The van der Waals surface area contributed by atoms with Crippen LogP contribution in [-0.2, 0) is 16.8 Å². The molecule has 2 N–H and O–H groups in total. The highest BCUT2D eigenvalue weighted by molar-refractivity contribution is 7.84. The summed E-state index contributed by atoms with van der Waals surface area (Å²) >= 11 is 0. The second-order valence-electron chi connectivity index (χ2n) is 6.46. The lowest BCUT2D eigenvalue weighted by Gasteiger charge is -2.23. The molecule has 9 heteroatoms. The van der Waals surface area contributed by atoms with Gasteiger partial charge in [-0.2, -0.15) is 24.1 Å². The highest BCUT2D eigenvalue weighted by atomic mass is 32.2. The van der Waals surface area contributed by atoms with Gasteiger partial charge >= 0.3 is 10.3 Å². The topological polar surface area (TPSA) is 137 Å². The Balaban J connectivity index is 1.92. The fourth-order valence-corrected chi connectivity index (χ4v) is 3.19. The molecule has 154 valence electrons. The predicted molar refractivity (Wildman–Crippen MR) is 113 cm³/mol. The van der Waals surface area contributed by atoms with Gasteiger partial charge in [0.2, 0.25) is 0 Å². The molecule has 0 radical (unpaired) electrons. The number of rotatable bonds is 6. The summed E-state index contributed by atoms with van der Waals surface area (Å²) in [5, 5.41) is 22.9. The monoisotopic (exact) mass is 432 g/mol. The molecule has 0 saturated carbocycles. The molecule has 0 fully saturated rings. The number of hydrogen-bond donors (Lipinski definition) is 1. The lowest BCUT2D eigenvalue weighted by atomic mass is 10.1. The van der Waals surface area contributed by atoms with E-state index in [1.165, 1.54) is 17.0 Å². The Kier molecular flexibility index (Phi) is 6.32. The average molecular weight is 432 g/mol. The first-order valence-corrected chi connectivity index (χ1v) is 10.4. The second kappa shape index (κ2) is 9.09. The Labute approximate surface area is 179 Å². The zero-order valence-electron chi connectivity index (χ0n) is 16.1. The molecule has 1 amide bonds. The number of anilines is 1. The number of nitriles is 2. The molecule has 0 aliphatic rings. The van der Waals surface area contributed by atoms with E-state index in [1.807, 2.05) is 12.1 Å². The number of hydrogen-bond acceptors (Lipinski definition) is 6. The maximum Gasteiger partial charge on any atom is 0.380 e. The second-order valence-corrected chi connectivity index (χ2v) is 7.61. The first-order valence-electron chi connectivity index (χ1n) is 8.92. The minimum absolute atomic E-state index is 0.0505. The third-order valence-corrected chi connectivity index (χ3v) is 4.72. The lowest BCUT2D eigenvalue weighted by Crippen LogP contribution is -2.30. The van der Waals surface area contributed by atoms with Crippen LogP contribution in [0.3, 0.4) is 0 Å². The van der Waals surface area contributed by atoms with Gasteiger partial charge in [0.05, 0.1) is 29.8 Å². The van der Waals surface area contributed by atoms with Gasteiger partial charge in [-0.15, -0.1) is 0 Å². The van der Waals surface area contributed by atoms with Gasteiger partial charge in [0, 0.05) is 11.3 Å². The molecule has 0 heterocycles. The Hall–Kier alpha value is -4.18. The SMILES string of the molecule is N#Cc1ccc(C(=O)N(Cc2ccc(OS(N)(=O)=O)cc2)c2ccc(C#N)cc2)cc1. The Bertz CT molecular complexity index is 1270. The van der Waals surface area contributed by atoms with Crippen LogP contribution < -0.4 is 14.2 Å². The van der Waals surface area contributed by atoms with Crippen molar-refractivity contribution in [3.63, 3.8) is 0 Å². The molecule has 0 aliphatic carbocycles. The number of nitrogens with two attached hydrogens (primary N) is 1. The highest BCUT2D eigenvalue weighted by Crippen LogP contribution is 2.23. The van der Waals surface area contributed by atoms with Gasteiger partial charge in [0.1, 0.15) is 5.75 Å². The van der Waals surface area contributed by atoms with E-state index < -0.39 is 10.3 Å². The van der Waals surface area contributed by atoms with Crippen LogP contribution >= 0.6 is 0 Å². The lowest BCUT2D eigenvalue weighted by molar-refractivity contribution is 0.0985. The third kappa shape index (κ3) is 5.67. The molecular formula is C22H16N4O4S. The minimum atomic E-state index is -4.13. The first kappa shape index (κ1) is 21.5. The molecule has 3 rings (SSSR count). The summed E-state index contributed by atoms with van der Waals surface area (Å²) in [6, 6.07) is 22.9. The maximum atomic E-state index is 13.2. The zero-order valence-corrected chi connectivity index (χ0v) is 16.9. The Morgan fingerprint density at radius 2 is 1.39 bits per heavy atom. The standard InChI is InChI=1S/C22H16N4O4S/c23-13-16-1-7-19(8-2-16)22(27)26(20-9-3-17(14-24)4-10-20)15-18-5-11-21(12-6-18)30-31(25,28)29/h1-12H,15H2,(H2,25,28,29). The minimum Gasteiger partial charge on any atom is -0.371 e. The molecule has 0 bridgehead atoms. The van der Waals surface area contributed by atoms with E-state index in [4.69, 9.17) is 15.7 Å². The normalized spacial score (nSPS) is 10.5. The van der Waals surface area contributed by atoms with Crippen molar-refractivity contribution in [2.45, 2.75) is 6.54 Å². The summed E-state index contributed by atoms with van der Waals surface area (Å²) in [5.41, 5.74) is 2.55. The largest absolute Gasteiger partial charge is 0.380 e. The van der Waals surface area contributed by atoms with Gasteiger partial charge < -0.3 is 9.08 Å². The summed E-state index contributed by atoms with van der Waals surface area (Å²) in [4.78, 5) is 14.7. The molecule has 0 saturated heterocycles. The van der Waals surface area contributed by atoms with E-state index in [2.05, 4.69) is 4.18 Å². The van der Waals surface area contributed by atoms with Crippen molar-refractivity contribution >= 4 is 21.9 Å². The van der Waals surface area contributed by atoms with E-state index in [0.717, 1.165) is 0 Å². The van der Waals surface area contributed by atoms with Gasteiger partial charge in [-0.3, -0.25) is 4.79 Å². The Morgan fingerprint density at radius 1 is 0.871 bits per heavy atom. The van der Waals surface area contributed by atoms with E-state index in [-0.39, 0.29) is 18.2 Å². The number of carbonyl (C=O) groups excluding carboxylic acids is 1. The van der Waals surface area contributed by atoms with Gasteiger partial charge in [0.15, 0.2) is 0 Å². The van der Waals surface area contributed by atoms with Gasteiger partial charge in [-0.05, 0) is 66.2 Å². The van der Waals surface area contributed by atoms with Crippen LogP contribution in [0.5, 0.6) is 5.75 Å². The van der Waals surface area contributed by atoms with Crippen molar-refractivity contribution in [3.05, 3.63) is 95.1 Å². The zero-order chi connectivity index (χ0) is 22.4. The van der Waals surface area contributed by atoms with Crippen molar-refractivity contribution in [1.29, 1.82) is 10.5 Å².